The van der Waals surface area contributed by atoms with Gasteiger partial charge in [-0.05, 0) is 36.8 Å². The molecule has 0 fully saturated rings. The van der Waals surface area contributed by atoms with Crippen molar-refractivity contribution in [1.29, 1.82) is 0 Å². The van der Waals surface area contributed by atoms with E-state index in [1.807, 2.05) is 67.6 Å². The zero-order valence-electron chi connectivity index (χ0n) is 19.6. The van der Waals surface area contributed by atoms with E-state index in [9.17, 15) is 9.59 Å². The van der Waals surface area contributed by atoms with Crippen LogP contribution >= 0.6 is 11.8 Å². The number of carbonyl (C=O) groups excluding carboxylic acids is 1. The maximum Gasteiger partial charge on any atom is 0.262 e. The third-order valence-corrected chi connectivity index (χ3v) is 6.60. The van der Waals surface area contributed by atoms with Gasteiger partial charge in [0.2, 0.25) is 5.91 Å². The van der Waals surface area contributed by atoms with Gasteiger partial charge in [-0.3, -0.25) is 14.2 Å². The first-order chi connectivity index (χ1) is 17.1. The number of fused-ring (bicyclic) bond motifs is 1. The van der Waals surface area contributed by atoms with Crippen LogP contribution in [0.25, 0.3) is 10.9 Å². The number of anilines is 1. The van der Waals surface area contributed by atoms with Gasteiger partial charge in [0.25, 0.3) is 5.56 Å². The highest BCUT2D eigenvalue weighted by atomic mass is 32.2. The van der Waals surface area contributed by atoms with E-state index < -0.39 is 5.25 Å². The van der Waals surface area contributed by atoms with Gasteiger partial charge < -0.3 is 14.8 Å². The molecule has 0 radical (unpaired) electrons. The summed E-state index contributed by atoms with van der Waals surface area (Å²) in [5.74, 6) is 0.357. The number of amides is 1. The second-order valence-corrected chi connectivity index (χ2v) is 8.76. The predicted octanol–water partition coefficient (Wildman–Crippen LogP) is 4.91. The van der Waals surface area contributed by atoms with Crippen molar-refractivity contribution >= 4 is 34.3 Å². The Morgan fingerprint density at radius 3 is 2.51 bits per heavy atom. The fraction of sp³-hybridized carbons (Fsp3) is 0.222. The van der Waals surface area contributed by atoms with Crippen LogP contribution in [0.1, 0.15) is 17.7 Å². The third kappa shape index (κ3) is 5.72. The van der Waals surface area contributed by atoms with Gasteiger partial charge in [0.05, 0.1) is 36.3 Å². The molecule has 1 atom stereocenters. The number of methoxy groups -OCH3 is 1. The Labute approximate surface area is 208 Å². The number of para-hydroxylation sites is 3. The number of hydrogen-bond donors (Lipinski definition) is 1. The normalized spacial score (nSPS) is 11.8. The quantitative estimate of drug-likeness (QED) is 0.252. The molecule has 1 heterocycles. The van der Waals surface area contributed by atoms with Crippen LogP contribution in [0.5, 0.6) is 5.75 Å². The van der Waals surface area contributed by atoms with Gasteiger partial charge in [-0.1, -0.05) is 66.4 Å². The van der Waals surface area contributed by atoms with E-state index in [4.69, 9.17) is 14.5 Å². The fourth-order valence-electron chi connectivity index (χ4n) is 3.67. The molecule has 1 N–H and O–H groups in total. The number of ether oxygens (including phenoxy) is 2. The Hall–Kier alpha value is -3.62. The number of nitrogens with zero attached hydrogens (tertiary/aromatic N) is 2. The van der Waals surface area contributed by atoms with Crippen molar-refractivity contribution in [2.75, 3.05) is 25.6 Å². The van der Waals surface area contributed by atoms with E-state index in [0.29, 0.717) is 47.3 Å². The van der Waals surface area contributed by atoms with E-state index >= 15 is 0 Å². The summed E-state index contributed by atoms with van der Waals surface area (Å²) in [5, 5.41) is 3.32. The van der Waals surface area contributed by atoms with Gasteiger partial charge in [0, 0.05) is 7.11 Å². The van der Waals surface area contributed by atoms with Crippen molar-refractivity contribution in [2.45, 2.75) is 23.9 Å². The molecule has 35 heavy (non-hydrogen) atoms. The smallest absolute Gasteiger partial charge is 0.262 e. The van der Waals surface area contributed by atoms with Crippen molar-refractivity contribution in [1.82, 2.24) is 9.55 Å². The molecular formula is C27H27N3O4S. The number of rotatable bonds is 10. The zero-order chi connectivity index (χ0) is 24.6. The highest BCUT2D eigenvalue weighted by Gasteiger charge is 2.26. The van der Waals surface area contributed by atoms with Crippen molar-refractivity contribution in [3.8, 4) is 5.75 Å². The minimum atomic E-state index is -0.660. The first kappa shape index (κ1) is 24.5. The summed E-state index contributed by atoms with van der Waals surface area (Å²) in [6.07, 6.45) is 0. The number of thioether (sulfide) groups is 1. The molecule has 0 bridgehead atoms. The molecule has 1 unspecified atom stereocenters. The van der Waals surface area contributed by atoms with Crippen molar-refractivity contribution in [2.24, 2.45) is 0 Å². The summed E-state index contributed by atoms with van der Waals surface area (Å²) in [6, 6.07) is 24.0. The second kappa shape index (κ2) is 11.7. The lowest BCUT2D eigenvalue weighted by Gasteiger charge is -2.20. The van der Waals surface area contributed by atoms with Crippen LogP contribution in [0, 0.1) is 0 Å². The SMILES string of the molecule is CCOc1ccccc1NC(=O)C(Sc1nc2ccccc2c(=O)n1CCOC)c1ccccc1. The molecular weight excluding hydrogens is 462 g/mol. The maximum atomic E-state index is 13.6. The Balaban J connectivity index is 1.75. The minimum absolute atomic E-state index is 0.163. The lowest BCUT2D eigenvalue weighted by Crippen LogP contribution is -2.27. The Bertz CT molecular complexity index is 1360. The van der Waals surface area contributed by atoms with Gasteiger partial charge >= 0.3 is 0 Å². The van der Waals surface area contributed by atoms with E-state index in [2.05, 4.69) is 5.32 Å². The molecule has 7 nitrogen and oxygen atoms in total. The Kier molecular flexibility index (Phi) is 8.18. The van der Waals surface area contributed by atoms with Crippen molar-refractivity contribution < 1.29 is 14.3 Å². The van der Waals surface area contributed by atoms with Gasteiger partial charge in [0.15, 0.2) is 5.16 Å². The van der Waals surface area contributed by atoms with E-state index in [1.54, 1.807) is 29.9 Å². The second-order valence-electron chi connectivity index (χ2n) is 7.69. The van der Waals surface area contributed by atoms with Gasteiger partial charge in [0.1, 0.15) is 11.0 Å². The molecule has 4 rings (SSSR count). The first-order valence-electron chi connectivity index (χ1n) is 11.3. The van der Waals surface area contributed by atoms with Crippen molar-refractivity contribution in [3.05, 3.63) is 94.8 Å². The lowest BCUT2D eigenvalue weighted by molar-refractivity contribution is -0.115. The predicted molar refractivity (Wildman–Crippen MR) is 139 cm³/mol. The number of aromatic nitrogens is 2. The molecule has 0 aliphatic heterocycles. The van der Waals surface area contributed by atoms with Crippen LogP contribution in [0.3, 0.4) is 0 Å². The van der Waals surface area contributed by atoms with Gasteiger partial charge in [-0.2, -0.15) is 0 Å². The average molecular weight is 490 g/mol. The molecule has 0 saturated heterocycles. The number of benzene rings is 3. The Morgan fingerprint density at radius 1 is 1.03 bits per heavy atom. The molecule has 1 amide bonds. The molecule has 4 aromatic rings. The van der Waals surface area contributed by atoms with Gasteiger partial charge in [-0.25, -0.2) is 4.98 Å². The van der Waals surface area contributed by atoms with Crippen LogP contribution < -0.4 is 15.6 Å². The lowest BCUT2D eigenvalue weighted by atomic mass is 10.1. The van der Waals surface area contributed by atoms with Crippen LogP contribution in [0.4, 0.5) is 5.69 Å². The summed E-state index contributed by atoms with van der Waals surface area (Å²) in [6.45, 7) is 3.05. The van der Waals surface area contributed by atoms with E-state index in [-0.39, 0.29) is 11.5 Å². The summed E-state index contributed by atoms with van der Waals surface area (Å²) in [5.41, 5.74) is 1.81. The highest BCUT2D eigenvalue weighted by molar-refractivity contribution is 8.00. The topological polar surface area (TPSA) is 82.5 Å². The van der Waals surface area contributed by atoms with Crippen LogP contribution in [0.2, 0.25) is 0 Å². The van der Waals surface area contributed by atoms with Gasteiger partial charge in [-0.15, -0.1) is 0 Å². The van der Waals surface area contributed by atoms with E-state index in [0.717, 1.165) is 5.56 Å². The third-order valence-electron chi connectivity index (χ3n) is 5.35. The molecule has 180 valence electrons. The monoisotopic (exact) mass is 489 g/mol. The summed E-state index contributed by atoms with van der Waals surface area (Å²) < 4.78 is 12.5. The van der Waals surface area contributed by atoms with Crippen LogP contribution in [-0.2, 0) is 16.1 Å². The zero-order valence-corrected chi connectivity index (χ0v) is 20.5. The number of nitrogens with one attached hydrogen (secondary N) is 1. The molecule has 0 aliphatic rings. The average Bonchev–Trinajstić information content (AvgIpc) is 2.88. The number of hydrogen-bond acceptors (Lipinski definition) is 6. The molecule has 0 spiro atoms. The molecule has 0 saturated carbocycles. The molecule has 3 aromatic carbocycles. The molecule has 8 heteroatoms. The standard InChI is InChI=1S/C27H27N3O4S/c1-3-34-23-16-10-9-15-22(23)28-25(31)24(19-11-5-4-6-12-19)35-27-29-21-14-8-7-13-20(21)26(32)30(27)17-18-33-2/h4-16,24H,3,17-18H2,1-2H3,(H,28,31). The van der Waals surface area contributed by atoms with Crippen LogP contribution in [-0.4, -0.2) is 35.8 Å². The van der Waals surface area contributed by atoms with E-state index in [1.165, 1.54) is 11.8 Å². The summed E-state index contributed by atoms with van der Waals surface area (Å²) in [4.78, 5) is 31.7. The summed E-state index contributed by atoms with van der Waals surface area (Å²) >= 11 is 1.24. The highest BCUT2D eigenvalue weighted by Crippen LogP contribution is 2.36. The molecule has 0 aliphatic carbocycles. The van der Waals surface area contributed by atoms with Crippen molar-refractivity contribution in [3.63, 3.8) is 0 Å². The maximum absolute atomic E-state index is 13.6. The first-order valence-corrected chi connectivity index (χ1v) is 12.2. The minimum Gasteiger partial charge on any atom is -0.492 e. The fourth-order valence-corrected chi connectivity index (χ4v) is 4.80. The van der Waals surface area contributed by atoms with Crippen LogP contribution in [0.15, 0.2) is 88.8 Å². The number of carbonyl (C=O) groups is 1. The summed E-state index contributed by atoms with van der Waals surface area (Å²) in [7, 11) is 1.59. The molecule has 1 aromatic heterocycles. The largest absolute Gasteiger partial charge is 0.492 e. The Morgan fingerprint density at radius 2 is 1.74 bits per heavy atom.